The topological polar surface area (TPSA) is 85.7 Å². The van der Waals surface area contributed by atoms with Gasteiger partial charge in [-0.1, -0.05) is 0 Å². The minimum atomic E-state index is 0.254. The number of nitrogens with one attached hydrogen (secondary N) is 2. The first kappa shape index (κ1) is 24.9. The molecular weight excluding hydrogens is 428 g/mol. The van der Waals surface area contributed by atoms with Gasteiger partial charge >= 0.3 is 0 Å². The molecule has 9 heteroatoms. The minimum absolute atomic E-state index is 0.254. The van der Waals surface area contributed by atoms with E-state index in [1.165, 1.54) is 0 Å². The lowest BCUT2D eigenvalue weighted by molar-refractivity contribution is 0.288. The summed E-state index contributed by atoms with van der Waals surface area (Å²) in [6.07, 6.45) is 3.27. The molecule has 0 fully saturated rings. The average Bonchev–Trinajstić information content (AvgIpc) is 2.78. The van der Waals surface area contributed by atoms with Crippen molar-refractivity contribution in [3.8, 4) is 23.0 Å². The number of hydrazone groups is 2. The number of thiocarbonyl (C=S) groups is 1. The van der Waals surface area contributed by atoms with Crippen LogP contribution in [-0.2, 0) is 0 Å². The summed E-state index contributed by atoms with van der Waals surface area (Å²) in [6.45, 7) is 9.94. The maximum Gasteiger partial charge on any atom is 0.207 e. The summed E-state index contributed by atoms with van der Waals surface area (Å²) in [5.74, 6) is 2.75. The molecule has 0 aliphatic carbocycles. The maximum atomic E-state index is 5.62. The van der Waals surface area contributed by atoms with Gasteiger partial charge in [0.05, 0.1) is 38.9 Å². The minimum Gasteiger partial charge on any atom is -0.490 e. The molecule has 2 N–H and O–H groups in total. The van der Waals surface area contributed by atoms with Crippen LogP contribution in [0.1, 0.15) is 38.8 Å². The van der Waals surface area contributed by atoms with E-state index in [-0.39, 0.29) is 5.11 Å². The number of nitrogens with zero attached hydrogens (tertiary/aromatic N) is 2. The Morgan fingerprint density at radius 2 is 1.06 bits per heavy atom. The molecule has 0 heterocycles. The van der Waals surface area contributed by atoms with E-state index >= 15 is 0 Å². The fourth-order valence-corrected chi connectivity index (χ4v) is 2.76. The van der Waals surface area contributed by atoms with Crippen molar-refractivity contribution in [1.82, 2.24) is 10.9 Å². The highest BCUT2D eigenvalue weighted by Crippen LogP contribution is 2.28. The van der Waals surface area contributed by atoms with E-state index < -0.39 is 0 Å². The lowest BCUT2D eigenvalue weighted by Crippen LogP contribution is -2.28. The van der Waals surface area contributed by atoms with Crippen molar-refractivity contribution in [2.24, 2.45) is 10.2 Å². The van der Waals surface area contributed by atoms with E-state index in [4.69, 9.17) is 31.2 Å². The second kappa shape index (κ2) is 13.9. The third-order valence-corrected chi connectivity index (χ3v) is 4.08. The summed E-state index contributed by atoms with van der Waals surface area (Å²) < 4.78 is 22.4. The summed E-state index contributed by atoms with van der Waals surface area (Å²) >= 11 is 5.19. The maximum absolute atomic E-state index is 5.62. The third kappa shape index (κ3) is 8.07. The molecule has 0 aliphatic heterocycles. The van der Waals surface area contributed by atoms with Crippen LogP contribution in [-0.4, -0.2) is 44.0 Å². The van der Waals surface area contributed by atoms with Gasteiger partial charge in [-0.05, 0) is 87.4 Å². The van der Waals surface area contributed by atoms with Gasteiger partial charge < -0.3 is 18.9 Å². The van der Waals surface area contributed by atoms with E-state index in [1.54, 1.807) is 12.4 Å². The Kier molecular flexibility index (Phi) is 10.8. The quantitative estimate of drug-likeness (QED) is 0.281. The van der Waals surface area contributed by atoms with Crippen molar-refractivity contribution in [2.75, 3.05) is 26.4 Å². The van der Waals surface area contributed by atoms with Gasteiger partial charge in [0.2, 0.25) is 5.11 Å². The van der Waals surface area contributed by atoms with Crippen LogP contribution in [0.4, 0.5) is 0 Å². The smallest absolute Gasteiger partial charge is 0.207 e. The number of hydrogen-bond acceptors (Lipinski definition) is 7. The number of hydrogen-bond donors (Lipinski definition) is 2. The Balaban J connectivity index is 1.91. The molecule has 0 amide bonds. The monoisotopic (exact) mass is 458 g/mol. The molecule has 32 heavy (non-hydrogen) atoms. The first-order chi connectivity index (χ1) is 15.6. The van der Waals surface area contributed by atoms with Crippen molar-refractivity contribution < 1.29 is 18.9 Å². The largest absolute Gasteiger partial charge is 0.490 e. The molecule has 0 radical (unpaired) electrons. The Hall–Kier alpha value is -3.33. The first-order valence-corrected chi connectivity index (χ1v) is 10.9. The predicted molar refractivity (Wildman–Crippen MR) is 132 cm³/mol. The standard InChI is InChI=1S/C23H30N4O4S/c1-5-28-19-11-9-17(13-21(19)30-7-3)15-24-26-23(32)27-25-16-18-10-12-20(29-6-2)22(14-18)31-8-4/h9-16H,5-8H2,1-4H3,(H2,26,27,32)/b24-15+,25-16?. The molecule has 172 valence electrons. The second-order valence-electron chi connectivity index (χ2n) is 6.21. The molecule has 0 atom stereocenters. The molecule has 0 saturated carbocycles. The van der Waals surface area contributed by atoms with Crippen LogP contribution in [0, 0.1) is 0 Å². The second-order valence-corrected chi connectivity index (χ2v) is 6.62. The van der Waals surface area contributed by atoms with Crippen LogP contribution in [0.2, 0.25) is 0 Å². The molecule has 0 spiro atoms. The molecule has 0 aliphatic rings. The summed E-state index contributed by atoms with van der Waals surface area (Å²) in [6, 6.07) is 11.2. The Labute approximate surface area is 194 Å². The summed E-state index contributed by atoms with van der Waals surface area (Å²) in [4.78, 5) is 0. The Morgan fingerprint density at radius 3 is 1.44 bits per heavy atom. The van der Waals surface area contributed by atoms with E-state index in [2.05, 4.69) is 21.1 Å². The highest BCUT2D eigenvalue weighted by Gasteiger charge is 2.06. The average molecular weight is 459 g/mol. The lowest BCUT2D eigenvalue weighted by atomic mass is 10.2. The van der Waals surface area contributed by atoms with Gasteiger partial charge in [0, 0.05) is 0 Å². The zero-order chi connectivity index (χ0) is 23.2. The van der Waals surface area contributed by atoms with E-state index in [0.717, 1.165) is 11.1 Å². The molecule has 2 aromatic rings. The van der Waals surface area contributed by atoms with Crippen molar-refractivity contribution in [1.29, 1.82) is 0 Å². The lowest BCUT2D eigenvalue weighted by Gasteiger charge is -2.11. The first-order valence-electron chi connectivity index (χ1n) is 10.5. The van der Waals surface area contributed by atoms with Gasteiger partial charge in [0.1, 0.15) is 0 Å². The fraction of sp³-hybridized carbons (Fsp3) is 0.348. The van der Waals surface area contributed by atoms with Crippen molar-refractivity contribution in [2.45, 2.75) is 27.7 Å². The zero-order valence-electron chi connectivity index (χ0n) is 18.9. The van der Waals surface area contributed by atoms with Crippen LogP contribution >= 0.6 is 12.2 Å². The molecule has 2 rings (SSSR count). The van der Waals surface area contributed by atoms with E-state index in [1.807, 2.05) is 64.1 Å². The Morgan fingerprint density at radius 1 is 0.688 bits per heavy atom. The highest BCUT2D eigenvalue weighted by atomic mass is 32.1. The van der Waals surface area contributed by atoms with Crippen LogP contribution in [0.15, 0.2) is 46.6 Å². The number of ether oxygens (including phenoxy) is 4. The summed E-state index contributed by atoms with van der Waals surface area (Å²) in [5.41, 5.74) is 7.13. The molecule has 2 aromatic carbocycles. The van der Waals surface area contributed by atoms with Crippen LogP contribution < -0.4 is 29.8 Å². The summed E-state index contributed by atoms with van der Waals surface area (Å²) in [5, 5.41) is 8.51. The molecule has 0 aromatic heterocycles. The van der Waals surface area contributed by atoms with E-state index in [0.29, 0.717) is 49.4 Å². The molecule has 0 saturated heterocycles. The summed E-state index contributed by atoms with van der Waals surface area (Å²) in [7, 11) is 0. The zero-order valence-corrected chi connectivity index (χ0v) is 19.7. The van der Waals surface area contributed by atoms with E-state index in [9.17, 15) is 0 Å². The highest BCUT2D eigenvalue weighted by molar-refractivity contribution is 7.80. The number of benzene rings is 2. The van der Waals surface area contributed by atoms with Crippen molar-refractivity contribution in [3.05, 3.63) is 47.5 Å². The van der Waals surface area contributed by atoms with Gasteiger partial charge in [-0.3, -0.25) is 10.9 Å². The van der Waals surface area contributed by atoms with Crippen molar-refractivity contribution >= 4 is 29.8 Å². The third-order valence-electron chi connectivity index (χ3n) is 3.89. The molecule has 8 nitrogen and oxygen atoms in total. The van der Waals surface area contributed by atoms with Gasteiger partial charge in [-0.15, -0.1) is 0 Å². The van der Waals surface area contributed by atoms with Crippen LogP contribution in [0.3, 0.4) is 0 Å². The van der Waals surface area contributed by atoms with Gasteiger partial charge in [-0.2, -0.15) is 10.2 Å². The van der Waals surface area contributed by atoms with Crippen LogP contribution in [0.25, 0.3) is 0 Å². The van der Waals surface area contributed by atoms with Gasteiger partial charge in [0.15, 0.2) is 23.0 Å². The SMILES string of the molecule is CCOc1ccc(C=NNC(=S)N/N=C/c2ccc(OCC)c(OCC)c2)cc1OCC. The normalized spacial score (nSPS) is 10.9. The van der Waals surface area contributed by atoms with Crippen molar-refractivity contribution in [3.63, 3.8) is 0 Å². The van der Waals surface area contributed by atoms with Crippen LogP contribution in [0.5, 0.6) is 23.0 Å². The molecular formula is C23H30N4O4S. The fourth-order valence-electron chi connectivity index (χ4n) is 2.65. The van der Waals surface area contributed by atoms with Gasteiger partial charge in [0.25, 0.3) is 0 Å². The molecule has 0 bridgehead atoms. The number of rotatable bonds is 12. The Bertz CT molecular complexity index is 861. The van der Waals surface area contributed by atoms with Gasteiger partial charge in [-0.25, -0.2) is 0 Å². The predicted octanol–water partition coefficient (Wildman–Crippen LogP) is 4.11. The molecule has 0 unspecified atom stereocenters.